The van der Waals surface area contributed by atoms with Crippen molar-refractivity contribution in [2.75, 3.05) is 34.5 Å². The van der Waals surface area contributed by atoms with Crippen LogP contribution < -0.4 is 29.6 Å². The third kappa shape index (κ3) is 7.00. The van der Waals surface area contributed by atoms with Crippen molar-refractivity contribution in [1.29, 1.82) is 0 Å². The maximum Gasteiger partial charge on any atom is 0.250 e. The highest BCUT2D eigenvalue weighted by Gasteiger charge is 2.05. The minimum absolute atomic E-state index is 0.218. The number of carbonyl (C=O) groups excluding carboxylic acids is 1. The molecule has 2 rings (SSSR count). The van der Waals surface area contributed by atoms with Crippen molar-refractivity contribution < 1.29 is 23.7 Å². The Bertz CT molecular complexity index is 870. The van der Waals surface area contributed by atoms with Crippen LogP contribution in [0, 0.1) is 0 Å². The molecule has 29 heavy (non-hydrogen) atoms. The highest BCUT2D eigenvalue weighted by atomic mass is 32.1. The van der Waals surface area contributed by atoms with Crippen molar-refractivity contribution in [3.8, 4) is 23.0 Å². The first-order valence-electron chi connectivity index (χ1n) is 8.82. The van der Waals surface area contributed by atoms with E-state index in [0.717, 1.165) is 5.56 Å². The van der Waals surface area contributed by atoms with E-state index in [9.17, 15) is 4.79 Å². The molecule has 0 fully saturated rings. The lowest BCUT2D eigenvalue weighted by atomic mass is 10.2. The fraction of sp³-hybridized carbons (Fsp3) is 0.238. The van der Waals surface area contributed by atoms with E-state index in [1.54, 1.807) is 39.5 Å². The lowest BCUT2D eigenvalue weighted by Crippen LogP contribution is -2.40. The number of benzene rings is 2. The van der Waals surface area contributed by atoms with Crippen LogP contribution in [-0.4, -0.2) is 45.5 Å². The van der Waals surface area contributed by atoms with Gasteiger partial charge in [-0.2, -0.15) is 0 Å². The van der Waals surface area contributed by atoms with E-state index in [2.05, 4.69) is 10.6 Å². The summed E-state index contributed by atoms with van der Waals surface area (Å²) in [5, 5.41) is 5.72. The third-order valence-corrected chi connectivity index (χ3v) is 4.03. The molecule has 0 aliphatic rings. The van der Waals surface area contributed by atoms with Crippen molar-refractivity contribution in [1.82, 2.24) is 10.6 Å². The third-order valence-electron chi connectivity index (χ3n) is 3.79. The molecule has 1 amide bonds. The Morgan fingerprint density at radius 3 is 2.31 bits per heavy atom. The van der Waals surface area contributed by atoms with Crippen LogP contribution >= 0.6 is 12.2 Å². The van der Waals surface area contributed by atoms with Gasteiger partial charge in [-0.15, -0.1) is 0 Å². The van der Waals surface area contributed by atoms with E-state index < -0.39 is 0 Å². The number of methoxy groups -OCH3 is 3. The van der Waals surface area contributed by atoms with Gasteiger partial charge >= 0.3 is 0 Å². The van der Waals surface area contributed by atoms with Gasteiger partial charge in [0.05, 0.1) is 27.9 Å². The molecule has 0 aromatic heterocycles. The highest BCUT2D eigenvalue weighted by molar-refractivity contribution is 7.80. The monoisotopic (exact) mass is 416 g/mol. The molecular weight excluding hydrogens is 392 g/mol. The fourth-order valence-corrected chi connectivity index (χ4v) is 2.59. The predicted molar refractivity (Wildman–Crippen MR) is 116 cm³/mol. The molecule has 0 radical (unpaired) electrons. The fourth-order valence-electron chi connectivity index (χ4n) is 2.39. The van der Waals surface area contributed by atoms with Gasteiger partial charge in [0.1, 0.15) is 6.61 Å². The summed E-state index contributed by atoms with van der Waals surface area (Å²) < 4.78 is 21.3. The number of rotatable bonds is 9. The largest absolute Gasteiger partial charge is 0.493 e. The number of amides is 1. The van der Waals surface area contributed by atoms with Gasteiger partial charge in [-0.05, 0) is 48.1 Å². The Hall–Kier alpha value is -3.26. The first-order chi connectivity index (χ1) is 14.1. The summed E-state index contributed by atoms with van der Waals surface area (Å²) in [6.07, 6.45) is 3.05. The van der Waals surface area contributed by atoms with E-state index in [1.165, 1.54) is 6.08 Å². The zero-order valence-corrected chi connectivity index (χ0v) is 17.4. The van der Waals surface area contributed by atoms with Crippen molar-refractivity contribution in [3.05, 3.63) is 54.1 Å². The topological polar surface area (TPSA) is 78.1 Å². The highest BCUT2D eigenvalue weighted by Crippen LogP contribution is 2.28. The average molecular weight is 416 g/mol. The Labute approximate surface area is 175 Å². The van der Waals surface area contributed by atoms with Crippen molar-refractivity contribution in [2.24, 2.45) is 0 Å². The van der Waals surface area contributed by atoms with E-state index >= 15 is 0 Å². The number of hydrogen-bond acceptors (Lipinski definition) is 6. The van der Waals surface area contributed by atoms with E-state index in [-0.39, 0.29) is 11.0 Å². The Morgan fingerprint density at radius 1 is 0.966 bits per heavy atom. The summed E-state index contributed by atoms with van der Waals surface area (Å²) in [5.74, 6) is 2.16. The quantitative estimate of drug-likeness (QED) is 0.370. The Kier molecular flexibility index (Phi) is 8.78. The summed E-state index contributed by atoms with van der Waals surface area (Å²) >= 11 is 5.12. The molecule has 8 heteroatoms. The normalized spacial score (nSPS) is 10.3. The molecule has 0 aliphatic carbocycles. The second-order valence-corrected chi connectivity index (χ2v) is 6.10. The van der Waals surface area contributed by atoms with Gasteiger partial charge in [-0.25, -0.2) is 0 Å². The second kappa shape index (κ2) is 11.6. The van der Waals surface area contributed by atoms with Crippen LogP contribution in [0.15, 0.2) is 48.5 Å². The maximum atomic E-state index is 12.0. The van der Waals surface area contributed by atoms with Gasteiger partial charge in [0.2, 0.25) is 5.91 Å². The van der Waals surface area contributed by atoms with E-state index in [1.807, 2.05) is 30.3 Å². The minimum atomic E-state index is -0.345. The summed E-state index contributed by atoms with van der Waals surface area (Å²) in [7, 11) is 4.70. The second-order valence-electron chi connectivity index (χ2n) is 5.69. The lowest BCUT2D eigenvalue weighted by molar-refractivity contribution is -0.115. The van der Waals surface area contributed by atoms with Gasteiger partial charge in [-0.3, -0.25) is 10.1 Å². The molecule has 2 aromatic carbocycles. The molecule has 2 aromatic rings. The first kappa shape index (κ1) is 22.0. The maximum absolute atomic E-state index is 12.0. The molecule has 0 heterocycles. The summed E-state index contributed by atoms with van der Waals surface area (Å²) in [6.45, 7) is 0.786. The number of nitrogens with one attached hydrogen (secondary N) is 2. The van der Waals surface area contributed by atoms with Crippen molar-refractivity contribution in [3.63, 3.8) is 0 Å². The van der Waals surface area contributed by atoms with Gasteiger partial charge in [-0.1, -0.05) is 18.2 Å². The molecule has 0 unspecified atom stereocenters. The zero-order chi connectivity index (χ0) is 21.1. The molecule has 0 spiro atoms. The molecule has 0 saturated heterocycles. The predicted octanol–water partition coefficient (Wildman–Crippen LogP) is 2.80. The molecule has 2 N–H and O–H groups in total. The Morgan fingerprint density at radius 2 is 1.62 bits per heavy atom. The van der Waals surface area contributed by atoms with Crippen LogP contribution in [0.2, 0.25) is 0 Å². The van der Waals surface area contributed by atoms with Crippen molar-refractivity contribution >= 4 is 29.3 Å². The van der Waals surface area contributed by atoms with Gasteiger partial charge < -0.3 is 24.3 Å². The number of ether oxygens (including phenoxy) is 4. The van der Waals surface area contributed by atoms with Crippen LogP contribution in [0.5, 0.6) is 23.0 Å². The molecule has 0 atom stereocenters. The van der Waals surface area contributed by atoms with E-state index in [4.69, 9.17) is 31.2 Å². The van der Waals surface area contributed by atoms with Crippen LogP contribution in [0.4, 0.5) is 0 Å². The molecule has 0 aliphatic heterocycles. The number of para-hydroxylation sites is 2. The smallest absolute Gasteiger partial charge is 0.250 e. The Balaban J connectivity index is 1.76. The standard InChI is InChI=1S/C21H24N2O5S/c1-25-16-6-4-5-7-18(16)28-13-12-22-21(29)23-20(24)11-9-15-8-10-17(26-2)19(14-15)27-3/h4-11,14H,12-13H2,1-3H3,(H2,22,23,24,29)/b11-9+. The number of hydrogen-bond donors (Lipinski definition) is 2. The summed E-state index contributed by atoms with van der Waals surface area (Å²) in [6, 6.07) is 12.7. The molecular formula is C21H24N2O5S. The SMILES string of the molecule is COc1ccc(/C=C/C(=O)NC(=S)NCCOc2ccccc2OC)cc1OC. The molecule has 154 valence electrons. The molecule has 0 saturated carbocycles. The van der Waals surface area contributed by atoms with Gasteiger partial charge in [0.25, 0.3) is 0 Å². The van der Waals surface area contributed by atoms with E-state index in [0.29, 0.717) is 36.1 Å². The van der Waals surface area contributed by atoms with Crippen LogP contribution in [0.3, 0.4) is 0 Å². The van der Waals surface area contributed by atoms with Crippen LogP contribution in [0.1, 0.15) is 5.56 Å². The van der Waals surface area contributed by atoms with Gasteiger partial charge in [0.15, 0.2) is 28.1 Å². The lowest BCUT2D eigenvalue weighted by Gasteiger charge is -2.11. The number of thiocarbonyl (C=S) groups is 1. The summed E-state index contributed by atoms with van der Waals surface area (Å²) in [4.78, 5) is 12.0. The van der Waals surface area contributed by atoms with Crippen molar-refractivity contribution in [2.45, 2.75) is 0 Å². The zero-order valence-electron chi connectivity index (χ0n) is 16.6. The molecule has 7 nitrogen and oxygen atoms in total. The first-order valence-corrected chi connectivity index (χ1v) is 9.23. The van der Waals surface area contributed by atoms with Crippen LogP contribution in [0.25, 0.3) is 6.08 Å². The van der Waals surface area contributed by atoms with Crippen LogP contribution in [-0.2, 0) is 4.79 Å². The average Bonchev–Trinajstić information content (AvgIpc) is 2.75. The number of carbonyl (C=O) groups is 1. The minimum Gasteiger partial charge on any atom is -0.493 e. The van der Waals surface area contributed by atoms with Gasteiger partial charge in [0, 0.05) is 6.08 Å². The molecule has 0 bridgehead atoms. The summed E-state index contributed by atoms with van der Waals surface area (Å²) in [5.41, 5.74) is 0.793.